The van der Waals surface area contributed by atoms with E-state index in [1.54, 1.807) is 0 Å². The molecule has 2 aliphatic heterocycles. The summed E-state index contributed by atoms with van der Waals surface area (Å²) in [5, 5.41) is 0. The highest BCUT2D eigenvalue weighted by atomic mass is 32.2. The number of hydrogen-bond acceptors (Lipinski definition) is 6. The zero-order valence-electron chi connectivity index (χ0n) is 17.7. The van der Waals surface area contributed by atoms with E-state index in [-0.39, 0.29) is 6.03 Å². The topological polar surface area (TPSA) is 79.1 Å². The highest BCUT2D eigenvalue weighted by Gasteiger charge is 2.26. The Morgan fingerprint density at radius 3 is 2.47 bits per heavy atom. The van der Waals surface area contributed by atoms with Gasteiger partial charge in [0.15, 0.2) is 0 Å². The second-order valence-electron chi connectivity index (χ2n) is 7.54. The molecule has 0 aromatic heterocycles. The molecule has 2 amide bonds. The Morgan fingerprint density at radius 2 is 1.73 bits per heavy atom. The molecule has 0 spiro atoms. The van der Waals surface area contributed by atoms with Gasteiger partial charge in [0.05, 0.1) is 6.61 Å². The van der Waals surface area contributed by atoms with E-state index < -0.39 is 10.8 Å². The molecule has 1 aromatic rings. The second-order valence-corrected chi connectivity index (χ2v) is 10.5. The third kappa shape index (κ3) is 7.06. The molecular formula is C21H34N4O3S2. The lowest BCUT2D eigenvalue weighted by atomic mass is 10.2. The standard InChI is InChI=1S/C21H34N4O3S2/c22-7-16-29-15-2-14-28-20-5-3-19(4-6-20)23-8-1-9-24(11-10-23)21(26)25-12-17-30(27)18-13-25/h3-6H,1-2,7-18,22H2. The van der Waals surface area contributed by atoms with Crippen LogP contribution in [-0.2, 0) is 10.8 Å². The number of amides is 2. The number of nitrogens with two attached hydrogens (primary N) is 1. The molecule has 9 heteroatoms. The fourth-order valence-corrected chi connectivity index (χ4v) is 5.43. The smallest absolute Gasteiger partial charge is 0.320 e. The third-order valence-electron chi connectivity index (χ3n) is 5.38. The second kappa shape index (κ2) is 12.4. The molecular weight excluding hydrogens is 420 g/mol. The van der Waals surface area contributed by atoms with Crippen LogP contribution in [0.2, 0.25) is 0 Å². The van der Waals surface area contributed by atoms with Crippen molar-refractivity contribution >= 4 is 34.3 Å². The van der Waals surface area contributed by atoms with Gasteiger partial charge in [-0.05, 0) is 42.9 Å². The van der Waals surface area contributed by atoms with Crippen molar-refractivity contribution < 1.29 is 13.7 Å². The fraction of sp³-hybridized carbons (Fsp3) is 0.667. The molecule has 0 atom stereocenters. The van der Waals surface area contributed by atoms with E-state index in [1.165, 1.54) is 5.69 Å². The van der Waals surface area contributed by atoms with Gasteiger partial charge in [-0.1, -0.05) is 0 Å². The summed E-state index contributed by atoms with van der Waals surface area (Å²) in [6.45, 7) is 5.93. The van der Waals surface area contributed by atoms with Gasteiger partial charge in [-0.15, -0.1) is 0 Å². The van der Waals surface area contributed by atoms with Gasteiger partial charge < -0.3 is 25.2 Å². The molecule has 0 saturated carbocycles. The maximum atomic E-state index is 12.8. The van der Waals surface area contributed by atoms with Gasteiger partial charge in [0.2, 0.25) is 0 Å². The number of nitrogens with zero attached hydrogens (tertiary/aromatic N) is 3. The first-order valence-corrected chi connectivity index (χ1v) is 13.5. The number of thioether (sulfide) groups is 1. The van der Waals surface area contributed by atoms with Crippen molar-refractivity contribution in [3.05, 3.63) is 24.3 Å². The lowest BCUT2D eigenvalue weighted by Gasteiger charge is -2.32. The number of hydrogen-bond donors (Lipinski definition) is 1. The molecule has 30 heavy (non-hydrogen) atoms. The van der Waals surface area contributed by atoms with Crippen LogP contribution in [0.5, 0.6) is 5.75 Å². The molecule has 0 radical (unpaired) electrons. The van der Waals surface area contributed by atoms with Crippen LogP contribution in [0, 0.1) is 0 Å². The van der Waals surface area contributed by atoms with E-state index in [4.69, 9.17) is 10.5 Å². The van der Waals surface area contributed by atoms with Crippen LogP contribution in [0.4, 0.5) is 10.5 Å². The maximum absolute atomic E-state index is 12.8. The first kappa shape index (κ1) is 23.2. The predicted molar refractivity (Wildman–Crippen MR) is 126 cm³/mol. The predicted octanol–water partition coefficient (Wildman–Crippen LogP) is 1.84. The summed E-state index contributed by atoms with van der Waals surface area (Å²) in [6, 6.07) is 8.38. The van der Waals surface area contributed by atoms with Gasteiger partial charge in [0, 0.05) is 79.6 Å². The zero-order valence-corrected chi connectivity index (χ0v) is 19.3. The molecule has 1 aromatic carbocycles. The van der Waals surface area contributed by atoms with Crippen LogP contribution >= 0.6 is 11.8 Å². The minimum absolute atomic E-state index is 0.0990. The summed E-state index contributed by atoms with van der Waals surface area (Å²) in [7, 11) is -0.760. The molecule has 2 saturated heterocycles. The summed E-state index contributed by atoms with van der Waals surface area (Å²) >= 11 is 1.87. The molecule has 7 nitrogen and oxygen atoms in total. The van der Waals surface area contributed by atoms with E-state index in [0.29, 0.717) is 24.6 Å². The average molecular weight is 455 g/mol. The molecule has 2 N–H and O–H groups in total. The molecule has 2 aliphatic rings. The number of anilines is 1. The number of rotatable bonds is 8. The van der Waals surface area contributed by atoms with Gasteiger partial charge in [-0.2, -0.15) is 11.8 Å². The van der Waals surface area contributed by atoms with Crippen LogP contribution in [0.15, 0.2) is 24.3 Å². The number of urea groups is 1. The van der Waals surface area contributed by atoms with Crippen molar-refractivity contribution in [1.82, 2.24) is 9.80 Å². The van der Waals surface area contributed by atoms with Crippen molar-refractivity contribution in [3.8, 4) is 5.75 Å². The van der Waals surface area contributed by atoms with Crippen LogP contribution in [-0.4, -0.2) is 95.5 Å². The van der Waals surface area contributed by atoms with Crippen LogP contribution in [0.25, 0.3) is 0 Å². The van der Waals surface area contributed by atoms with Crippen molar-refractivity contribution in [1.29, 1.82) is 0 Å². The SMILES string of the molecule is NCCSCCCOc1ccc(N2CCCN(C(=O)N3CCS(=O)CC3)CC2)cc1. The Kier molecular flexibility index (Phi) is 9.61. The fourth-order valence-electron chi connectivity index (χ4n) is 3.69. The van der Waals surface area contributed by atoms with Crippen LogP contribution < -0.4 is 15.4 Å². The van der Waals surface area contributed by atoms with Crippen molar-refractivity contribution in [2.45, 2.75) is 12.8 Å². The first-order chi connectivity index (χ1) is 14.7. The molecule has 2 fully saturated rings. The van der Waals surface area contributed by atoms with Gasteiger partial charge in [-0.25, -0.2) is 4.79 Å². The Bertz CT molecular complexity index is 679. The highest BCUT2D eigenvalue weighted by Crippen LogP contribution is 2.21. The number of benzene rings is 1. The summed E-state index contributed by atoms with van der Waals surface area (Å²) in [5.41, 5.74) is 6.66. The summed E-state index contributed by atoms with van der Waals surface area (Å²) in [5.74, 6) is 4.19. The summed E-state index contributed by atoms with van der Waals surface area (Å²) in [6.07, 6.45) is 1.97. The monoisotopic (exact) mass is 454 g/mol. The summed E-state index contributed by atoms with van der Waals surface area (Å²) in [4.78, 5) is 18.9. The lowest BCUT2D eigenvalue weighted by molar-refractivity contribution is 0.160. The number of carbonyl (C=O) groups is 1. The van der Waals surface area contributed by atoms with Gasteiger partial charge >= 0.3 is 6.03 Å². The van der Waals surface area contributed by atoms with E-state index in [2.05, 4.69) is 17.0 Å². The first-order valence-electron chi connectivity index (χ1n) is 10.8. The Balaban J connectivity index is 1.43. The van der Waals surface area contributed by atoms with E-state index in [1.807, 2.05) is 33.7 Å². The molecule has 2 heterocycles. The largest absolute Gasteiger partial charge is 0.494 e. The Hall–Kier alpha value is -1.45. The number of carbonyl (C=O) groups excluding carboxylic acids is 1. The van der Waals surface area contributed by atoms with E-state index >= 15 is 0 Å². The van der Waals surface area contributed by atoms with E-state index in [0.717, 1.165) is 69.4 Å². The molecule has 0 aliphatic carbocycles. The van der Waals surface area contributed by atoms with Crippen molar-refractivity contribution in [3.63, 3.8) is 0 Å². The molecule has 0 unspecified atom stereocenters. The molecule has 0 bridgehead atoms. The summed E-state index contributed by atoms with van der Waals surface area (Å²) < 4.78 is 17.4. The van der Waals surface area contributed by atoms with Crippen molar-refractivity contribution in [2.75, 3.05) is 80.3 Å². The quantitative estimate of drug-likeness (QED) is 0.604. The highest BCUT2D eigenvalue weighted by molar-refractivity contribution is 7.99. The maximum Gasteiger partial charge on any atom is 0.320 e. The Morgan fingerprint density at radius 1 is 1.00 bits per heavy atom. The normalized spacial score (nSPS) is 18.4. The minimum atomic E-state index is -0.760. The van der Waals surface area contributed by atoms with Gasteiger partial charge in [-0.3, -0.25) is 4.21 Å². The molecule has 168 valence electrons. The van der Waals surface area contributed by atoms with Gasteiger partial charge in [0.1, 0.15) is 5.75 Å². The van der Waals surface area contributed by atoms with E-state index in [9.17, 15) is 9.00 Å². The number of ether oxygens (including phenoxy) is 1. The average Bonchev–Trinajstić information content (AvgIpc) is 3.03. The van der Waals surface area contributed by atoms with Crippen LogP contribution in [0.1, 0.15) is 12.8 Å². The third-order valence-corrected chi connectivity index (χ3v) is 7.76. The Labute approximate surface area is 186 Å². The lowest BCUT2D eigenvalue weighted by Crippen LogP contribution is -2.49. The zero-order chi connectivity index (χ0) is 21.2. The minimum Gasteiger partial charge on any atom is -0.494 e. The van der Waals surface area contributed by atoms with Crippen LogP contribution in [0.3, 0.4) is 0 Å². The molecule has 3 rings (SSSR count). The van der Waals surface area contributed by atoms with Gasteiger partial charge in [0.25, 0.3) is 0 Å². The van der Waals surface area contributed by atoms with Crippen molar-refractivity contribution in [2.24, 2.45) is 5.73 Å².